The summed E-state index contributed by atoms with van der Waals surface area (Å²) < 4.78 is 11.7. The number of aliphatic hydroxyl groups is 1. The molecule has 0 amide bonds. The fourth-order valence-corrected chi connectivity index (χ4v) is 1.68. The first-order valence-electron chi connectivity index (χ1n) is 7.92. The third-order valence-corrected chi connectivity index (χ3v) is 4.25. The Morgan fingerprint density at radius 1 is 0.900 bits per heavy atom. The number of aliphatic hydroxyl groups excluding tert-OH is 1. The summed E-state index contributed by atoms with van der Waals surface area (Å²) in [6.45, 7) is 17.7. The van der Waals surface area contributed by atoms with E-state index in [9.17, 15) is 5.11 Å². The summed E-state index contributed by atoms with van der Waals surface area (Å²) in [6, 6.07) is 0. The Morgan fingerprint density at radius 3 is 1.85 bits per heavy atom. The van der Waals surface area contributed by atoms with Crippen LogP contribution < -0.4 is 0 Å². The molecule has 0 aromatic heterocycles. The second-order valence-electron chi connectivity index (χ2n) is 7.72. The van der Waals surface area contributed by atoms with Crippen LogP contribution in [-0.4, -0.2) is 35.6 Å². The van der Waals surface area contributed by atoms with Crippen molar-refractivity contribution in [2.75, 3.05) is 13.2 Å². The molecule has 0 radical (unpaired) electrons. The van der Waals surface area contributed by atoms with E-state index in [1.807, 2.05) is 34.6 Å². The van der Waals surface area contributed by atoms with Crippen LogP contribution in [0.5, 0.6) is 0 Å². The van der Waals surface area contributed by atoms with Gasteiger partial charge in [0.25, 0.3) is 0 Å². The molecule has 0 aromatic carbocycles. The molecule has 1 N–H and O–H groups in total. The van der Waals surface area contributed by atoms with E-state index in [1.54, 1.807) is 0 Å². The monoisotopic (exact) mass is 288 g/mol. The fraction of sp³-hybridized carbons (Fsp3) is 1.00. The average Bonchev–Trinajstić information content (AvgIpc) is 2.34. The Labute approximate surface area is 126 Å². The summed E-state index contributed by atoms with van der Waals surface area (Å²) >= 11 is 0. The van der Waals surface area contributed by atoms with Gasteiger partial charge in [0.15, 0.2) is 0 Å². The molecule has 0 aliphatic rings. The summed E-state index contributed by atoms with van der Waals surface area (Å²) in [7, 11) is 0. The lowest BCUT2D eigenvalue weighted by Gasteiger charge is -2.36. The predicted octanol–water partition coefficient (Wildman–Crippen LogP) is 4.17. The summed E-state index contributed by atoms with van der Waals surface area (Å²) in [5.41, 5.74) is -0.476. The van der Waals surface area contributed by atoms with E-state index >= 15 is 0 Å². The first-order valence-corrected chi connectivity index (χ1v) is 7.92. The minimum Gasteiger partial charge on any atom is -0.388 e. The van der Waals surface area contributed by atoms with E-state index in [-0.39, 0.29) is 5.60 Å². The molecule has 0 aromatic rings. The largest absolute Gasteiger partial charge is 0.388 e. The molecule has 0 rings (SSSR count). The summed E-state index contributed by atoms with van der Waals surface area (Å²) in [5.74, 6) is 0. The Balaban J connectivity index is 4.38. The maximum absolute atomic E-state index is 10.4. The maximum Gasteiger partial charge on any atom is 0.106 e. The van der Waals surface area contributed by atoms with Crippen molar-refractivity contribution >= 4 is 0 Å². The highest BCUT2D eigenvalue weighted by Gasteiger charge is 2.33. The molecule has 0 aliphatic heterocycles. The first-order chi connectivity index (χ1) is 8.96. The van der Waals surface area contributed by atoms with Crippen molar-refractivity contribution in [2.45, 2.75) is 92.0 Å². The van der Waals surface area contributed by atoms with Gasteiger partial charge in [0, 0.05) is 6.61 Å². The van der Waals surface area contributed by atoms with Crippen LogP contribution in [0.3, 0.4) is 0 Å². The molecule has 3 nitrogen and oxygen atoms in total. The van der Waals surface area contributed by atoms with Gasteiger partial charge in [0.1, 0.15) is 6.10 Å². The van der Waals surface area contributed by atoms with Gasteiger partial charge in [-0.25, -0.2) is 0 Å². The first kappa shape index (κ1) is 19.9. The Hall–Kier alpha value is -0.120. The van der Waals surface area contributed by atoms with Crippen LogP contribution in [-0.2, 0) is 9.47 Å². The minimum absolute atomic E-state index is 0.236. The second kappa shape index (κ2) is 7.77. The zero-order chi connectivity index (χ0) is 16.0. The molecule has 1 unspecified atom stereocenters. The lowest BCUT2D eigenvalue weighted by atomic mass is 9.87. The van der Waals surface area contributed by atoms with Crippen molar-refractivity contribution in [3.63, 3.8) is 0 Å². The molecule has 20 heavy (non-hydrogen) atoms. The molecule has 122 valence electrons. The van der Waals surface area contributed by atoms with Gasteiger partial charge in [-0.2, -0.15) is 0 Å². The van der Waals surface area contributed by atoms with Crippen LogP contribution in [0.15, 0.2) is 0 Å². The van der Waals surface area contributed by atoms with Crippen molar-refractivity contribution in [1.29, 1.82) is 0 Å². The topological polar surface area (TPSA) is 38.7 Å². The molecule has 0 fully saturated rings. The molecular weight excluding hydrogens is 252 g/mol. The van der Waals surface area contributed by atoms with Gasteiger partial charge in [0.05, 0.1) is 17.8 Å². The number of hydrogen-bond donors (Lipinski definition) is 1. The number of rotatable bonds is 9. The van der Waals surface area contributed by atoms with Crippen molar-refractivity contribution < 1.29 is 14.6 Å². The summed E-state index contributed by atoms with van der Waals surface area (Å²) in [5, 5.41) is 10.4. The molecule has 0 heterocycles. The zero-order valence-corrected chi connectivity index (χ0v) is 14.9. The van der Waals surface area contributed by atoms with Crippen LogP contribution in [0.4, 0.5) is 0 Å². The van der Waals surface area contributed by atoms with Crippen LogP contribution in [0.1, 0.15) is 74.7 Å². The van der Waals surface area contributed by atoms with E-state index in [4.69, 9.17) is 9.47 Å². The highest BCUT2D eigenvalue weighted by Crippen LogP contribution is 2.27. The van der Waals surface area contributed by atoms with Crippen LogP contribution in [0.2, 0.25) is 0 Å². The van der Waals surface area contributed by atoms with E-state index in [0.29, 0.717) is 18.6 Å². The Morgan fingerprint density at radius 2 is 1.45 bits per heavy atom. The van der Waals surface area contributed by atoms with Gasteiger partial charge >= 0.3 is 0 Å². The van der Waals surface area contributed by atoms with Gasteiger partial charge in [0.2, 0.25) is 0 Å². The van der Waals surface area contributed by atoms with Gasteiger partial charge in [-0.05, 0) is 46.0 Å². The van der Waals surface area contributed by atoms with Crippen LogP contribution in [0.25, 0.3) is 0 Å². The van der Waals surface area contributed by atoms with E-state index in [0.717, 1.165) is 19.3 Å². The Kier molecular flexibility index (Phi) is 7.72. The number of ether oxygens (including phenoxy) is 2. The van der Waals surface area contributed by atoms with Crippen LogP contribution in [0, 0.1) is 5.41 Å². The SMILES string of the molecule is CCC(C)(C)CCO[C@](C)(CC)C(O)COC(C)(C)C. The molecule has 3 heteroatoms. The zero-order valence-electron chi connectivity index (χ0n) is 14.9. The normalized spacial score (nSPS) is 17.9. The smallest absolute Gasteiger partial charge is 0.106 e. The lowest BCUT2D eigenvalue weighted by molar-refractivity contribution is -0.155. The minimum atomic E-state index is -0.600. The second-order valence-corrected chi connectivity index (χ2v) is 7.72. The van der Waals surface area contributed by atoms with E-state index < -0.39 is 11.7 Å². The van der Waals surface area contributed by atoms with Gasteiger partial charge < -0.3 is 14.6 Å². The fourth-order valence-electron chi connectivity index (χ4n) is 1.68. The molecule has 0 aliphatic carbocycles. The quantitative estimate of drug-likeness (QED) is 0.692. The molecular formula is C17H36O3. The van der Waals surface area contributed by atoms with Crippen molar-refractivity contribution in [2.24, 2.45) is 5.41 Å². The van der Waals surface area contributed by atoms with Crippen molar-refractivity contribution in [3.05, 3.63) is 0 Å². The van der Waals surface area contributed by atoms with Gasteiger partial charge in [-0.1, -0.05) is 34.1 Å². The van der Waals surface area contributed by atoms with Crippen LogP contribution >= 0.6 is 0 Å². The predicted molar refractivity (Wildman–Crippen MR) is 85.0 cm³/mol. The highest BCUT2D eigenvalue weighted by atomic mass is 16.5. The third-order valence-electron chi connectivity index (χ3n) is 4.25. The lowest BCUT2D eigenvalue weighted by Crippen LogP contribution is -2.46. The standard InChI is InChI=1S/C17H36O3/c1-9-16(6,7)11-12-19-17(8,10-2)14(18)13-20-15(3,4)5/h14,18H,9-13H2,1-8H3/t14?,17-/m1/s1. The van der Waals surface area contributed by atoms with E-state index in [1.165, 1.54) is 0 Å². The third kappa shape index (κ3) is 7.61. The molecule has 0 saturated heterocycles. The van der Waals surface area contributed by atoms with E-state index in [2.05, 4.69) is 20.8 Å². The van der Waals surface area contributed by atoms with Crippen molar-refractivity contribution in [1.82, 2.24) is 0 Å². The van der Waals surface area contributed by atoms with Gasteiger partial charge in [-0.15, -0.1) is 0 Å². The molecule has 0 bridgehead atoms. The molecule has 0 saturated carbocycles. The average molecular weight is 288 g/mol. The summed E-state index contributed by atoms with van der Waals surface area (Å²) in [6.07, 6.45) is 2.31. The van der Waals surface area contributed by atoms with Gasteiger partial charge in [-0.3, -0.25) is 0 Å². The van der Waals surface area contributed by atoms with Crippen molar-refractivity contribution in [3.8, 4) is 0 Å². The Bertz CT molecular complexity index is 268. The summed E-state index contributed by atoms with van der Waals surface area (Å²) in [4.78, 5) is 0. The molecule has 0 spiro atoms. The maximum atomic E-state index is 10.4. The highest BCUT2D eigenvalue weighted by molar-refractivity contribution is 4.83. The molecule has 2 atom stereocenters. The number of hydrogen-bond acceptors (Lipinski definition) is 3.